The lowest BCUT2D eigenvalue weighted by Gasteiger charge is -2.31. The first-order valence-corrected chi connectivity index (χ1v) is 16.5. The van der Waals surface area contributed by atoms with Crippen molar-refractivity contribution in [3.63, 3.8) is 0 Å². The molecule has 1 aliphatic heterocycles. The van der Waals surface area contributed by atoms with Crippen LogP contribution in [0.2, 0.25) is 0 Å². The number of azide groups is 1. The fraction of sp³-hybridized carbons (Fsp3) is 0.316. The summed E-state index contributed by atoms with van der Waals surface area (Å²) >= 11 is 0. The van der Waals surface area contributed by atoms with Gasteiger partial charge in [-0.1, -0.05) is 84.0 Å². The molecule has 11 heteroatoms. The molecule has 0 aliphatic carbocycles. The fourth-order valence-electron chi connectivity index (χ4n) is 5.59. The Morgan fingerprint density at radius 3 is 2.35 bits per heavy atom. The van der Waals surface area contributed by atoms with E-state index < -0.39 is 17.6 Å². The Morgan fingerprint density at radius 1 is 0.939 bits per heavy atom. The van der Waals surface area contributed by atoms with E-state index in [1.807, 2.05) is 92.7 Å². The number of amides is 1. The first-order valence-electron chi connectivity index (χ1n) is 16.5. The second-order valence-electron chi connectivity index (χ2n) is 11.9. The largest absolute Gasteiger partial charge is 0.494 e. The van der Waals surface area contributed by atoms with E-state index >= 15 is 0 Å². The number of nitrogens with one attached hydrogen (secondary N) is 2. The van der Waals surface area contributed by atoms with Crippen molar-refractivity contribution >= 4 is 17.5 Å². The highest BCUT2D eigenvalue weighted by atomic mass is 16.5. The number of ether oxygens (including phenoxy) is 3. The Balaban J connectivity index is 1.54. The maximum absolute atomic E-state index is 14.5. The Bertz CT molecular complexity index is 1740. The first kappa shape index (κ1) is 35.1. The van der Waals surface area contributed by atoms with E-state index in [1.54, 1.807) is 24.3 Å². The molecule has 49 heavy (non-hydrogen) atoms. The van der Waals surface area contributed by atoms with Crippen molar-refractivity contribution in [2.45, 2.75) is 50.9 Å². The van der Waals surface area contributed by atoms with E-state index in [2.05, 4.69) is 20.9 Å². The molecule has 0 aromatic heterocycles. The van der Waals surface area contributed by atoms with Crippen LogP contribution in [0.3, 0.4) is 0 Å². The van der Waals surface area contributed by atoms with Crippen LogP contribution in [0.25, 0.3) is 21.6 Å². The maximum Gasteiger partial charge on any atom is 0.266 e. The minimum Gasteiger partial charge on any atom is -0.494 e. The third-order valence-corrected chi connectivity index (χ3v) is 8.05. The third kappa shape index (κ3) is 9.04. The molecule has 0 spiro atoms. The summed E-state index contributed by atoms with van der Waals surface area (Å²) in [6.45, 7) is 5.42. The predicted octanol–water partition coefficient (Wildman–Crippen LogP) is 6.99. The lowest BCUT2D eigenvalue weighted by molar-refractivity contribution is -0.130. The summed E-state index contributed by atoms with van der Waals surface area (Å²) in [5.74, 6) is 0.534. The Kier molecular flexibility index (Phi) is 12.4. The molecular formula is C38H42N6O5. The highest BCUT2D eigenvalue weighted by molar-refractivity contribution is 6.01. The van der Waals surface area contributed by atoms with Crippen LogP contribution >= 0.6 is 0 Å². The van der Waals surface area contributed by atoms with E-state index in [9.17, 15) is 10.3 Å². The normalized spacial score (nSPS) is 16.8. The number of hydrogen-bond acceptors (Lipinski definition) is 8. The lowest BCUT2D eigenvalue weighted by atomic mass is 9.81. The average Bonchev–Trinajstić information content (AvgIpc) is 3.51. The van der Waals surface area contributed by atoms with Gasteiger partial charge in [-0.25, -0.2) is 10.4 Å². The van der Waals surface area contributed by atoms with E-state index in [4.69, 9.17) is 24.3 Å². The summed E-state index contributed by atoms with van der Waals surface area (Å²) in [5, 5.41) is 13.0. The van der Waals surface area contributed by atoms with Crippen LogP contribution in [0.15, 0.2) is 113 Å². The number of nitrogens with zero attached hydrogens (tertiary/aromatic N) is 4. The smallest absolute Gasteiger partial charge is 0.266 e. The monoisotopic (exact) mass is 662 g/mol. The van der Waals surface area contributed by atoms with E-state index in [1.165, 1.54) is 0 Å². The number of hydrogen-bond donors (Lipinski definition) is 3. The molecule has 1 amide bonds. The van der Waals surface area contributed by atoms with Crippen LogP contribution in [0.4, 0.5) is 5.69 Å². The van der Waals surface area contributed by atoms with Gasteiger partial charge in [0, 0.05) is 48.8 Å². The van der Waals surface area contributed by atoms with Gasteiger partial charge in [0.25, 0.3) is 5.91 Å². The van der Waals surface area contributed by atoms with Crippen molar-refractivity contribution in [2.24, 2.45) is 10.1 Å². The second kappa shape index (κ2) is 17.3. The number of aliphatic hydroxyl groups excluding tert-OH is 1. The Hall–Kier alpha value is -5.19. The fourth-order valence-corrected chi connectivity index (χ4v) is 5.59. The Labute approximate surface area is 286 Å². The summed E-state index contributed by atoms with van der Waals surface area (Å²) in [6, 6.07) is 32.4. The molecule has 4 aromatic carbocycles. The summed E-state index contributed by atoms with van der Waals surface area (Å²) in [7, 11) is 0. The van der Waals surface area contributed by atoms with Crippen molar-refractivity contribution < 1.29 is 24.1 Å². The molecule has 1 aliphatic rings. The quantitative estimate of drug-likeness (QED) is 0.0365. The van der Waals surface area contributed by atoms with Gasteiger partial charge < -0.3 is 19.3 Å². The van der Waals surface area contributed by atoms with Gasteiger partial charge in [0.1, 0.15) is 5.75 Å². The van der Waals surface area contributed by atoms with Crippen molar-refractivity contribution in [1.82, 2.24) is 10.9 Å². The molecule has 254 valence electrons. The van der Waals surface area contributed by atoms with E-state index in [0.29, 0.717) is 61.1 Å². The van der Waals surface area contributed by atoms with Gasteiger partial charge in [0.2, 0.25) is 5.90 Å². The molecule has 2 atom stereocenters. The molecule has 5 rings (SSSR count). The number of benzene rings is 4. The average molecular weight is 663 g/mol. The number of carbonyl (C=O) groups excluding carboxylic acids is 1. The van der Waals surface area contributed by atoms with Crippen molar-refractivity contribution in [3.8, 4) is 16.9 Å². The van der Waals surface area contributed by atoms with Crippen LogP contribution < -0.4 is 15.6 Å². The SMILES string of the molecule is CC(C)OCCCNNC(=O)[C@@]1(Cc2ccccc2N=[N+]=[N-])N=C(c2ccc(OCCCO)cc2)O[C@H]1c1ccc(-c2ccccc2)cc1. The molecule has 0 saturated heterocycles. The molecular weight excluding hydrogens is 620 g/mol. The standard InChI is InChI=1S/C38H42N6O5/c1-27(2)47-24-8-22-40-43-37(46)38(26-32-12-6-7-13-34(32)42-44-39)35(30-16-14-29(15-17-30)28-10-4-3-5-11-28)49-36(41-38)31-18-20-33(21-19-31)48-25-9-23-45/h3-7,10-21,27,35,40,45H,8-9,22-26H2,1-2H3,(H,43,46)/t35-,38-/m0/s1. The number of rotatable bonds is 17. The van der Waals surface area contributed by atoms with Crippen molar-refractivity contribution in [1.29, 1.82) is 0 Å². The van der Waals surface area contributed by atoms with Gasteiger partial charge in [-0.15, -0.1) is 0 Å². The van der Waals surface area contributed by atoms with Gasteiger partial charge in [-0.3, -0.25) is 10.2 Å². The lowest BCUT2D eigenvalue weighted by Crippen LogP contribution is -2.54. The molecule has 3 N–H and O–H groups in total. The number of hydrazine groups is 1. The molecule has 0 radical (unpaired) electrons. The van der Waals surface area contributed by atoms with Crippen LogP contribution in [0.1, 0.15) is 49.5 Å². The van der Waals surface area contributed by atoms with Crippen LogP contribution in [-0.2, 0) is 20.7 Å². The first-order chi connectivity index (χ1) is 23.9. The zero-order valence-corrected chi connectivity index (χ0v) is 27.8. The molecule has 0 bridgehead atoms. The minimum absolute atomic E-state index is 0.0456. The zero-order chi connectivity index (χ0) is 34.5. The van der Waals surface area contributed by atoms with Crippen molar-refractivity contribution in [3.05, 3.63) is 130 Å². The van der Waals surface area contributed by atoms with Gasteiger partial charge in [-0.2, -0.15) is 0 Å². The Morgan fingerprint density at radius 2 is 1.63 bits per heavy atom. The van der Waals surface area contributed by atoms with Crippen molar-refractivity contribution in [2.75, 3.05) is 26.4 Å². The third-order valence-electron chi connectivity index (χ3n) is 8.05. The minimum atomic E-state index is -1.50. The number of aliphatic imine (C=N–C) groups is 1. The summed E-state index contributed by atoms with van der Waals surface area (Å²) < 4.78 is 18.0. The molecule has 4 aromatic rings. The van der Waals surface area contributed by atoms with Gasteiger partial charge in [-0.05, 0) is 72.3 Å². The van der Waals surface area contributed by atoms with E-state index in [-0.39, 0.29) is 19.1 Å². The number of aliphatic hydroxyl groups is 1. The second-order valence-corrected chi connectivity index (χ2v) is 11.9. The van der Waals surface area contributed by atoms with Gasteiger partial charge >= 0.3 is 0 Å². The highest BCUT2D eigenvalue weighted by Crippen LogP contribution is 2.44. The topological polar surface area (TPSA) is 150 Å². The van der Waals surface area contributed by atoms with Crippen LogP contribution in [0.5, 0.6) is 5.75 Å². The molecule has 0 saturated carbocycles. The zero-order valence-electron chi connectivity index (χ0n) is 27.8. The molecule has 0 unspecified atom stereocenters. The summed E-state index contributed by atoms with van der Waals surface area (Å²) in [4.78, 5) is 22.6. The molecule has 0 fully saturated rings. The maximum atomic E-state index is 14.5. The number of carbonyl (C=O) groups is 1. The summed E-state index contributed by atoms with van der Waals surface area (Å²) in [5.41, 5.74) is 18.3. The van der Waals surface area contributed by atoms with Gasteiger partial charge in [0.05, 0.1) is 12.7 Å². The predicted molar refractivity (Wildman–Crippen MR) is 189 cm³/mol. The van der Waals surface area contributed by atoms with E-state index in [0.717, 1.165) is 16.7 Å². The molecule has 11 nitrogen and oxygen atoms in total. The van der Waals surface area contributed by atoms with Gasteiger partial charge in [0.15, 0.2) is 11.6 Å². The van der Waals surface area contributed by atoms with Crippen LogP contribution in [-0.4, -0.2) is 54.9 Å². The molecule has 1 heterocycles. The van der Waals surface area contributed by atoms with Crippen LogP contribution in [0, 0.1) is 0 Å². The highest BCUT2D eigenvalue weighted by Gasteiger charge is 2.53. The summed E-state index contributed by atoms with van der Waals surface area (Å²) in [6.07, 6.45) is 0.581.